The van der Waals surface area contributed by atoms with Crippen LogP contribution in [-0.2, 0) is 16.1 Å². The number of carbonyl (C=O) groups is 3. The van der Waals surface area contributed by atoms with Gasteiger partial charge in [0.05, 0.1) is 13.7 Å². The van der Waals surface area contributed by atoms with Crippen LogP contribution in [0, 0.1) is 6.92 Å². The normalized spacial score (nSPS) is 10.2. The number of anilines is 1. The molecule has 0 bridgehead atoms. The summed E-state index contributed by atoms with van der Waals surface area (Å²) < 4.78 is 10.2. The van der Waals surface area contributed by atoms with E-state index in [1.165, 1.54) is 18.9 Å². The third-order valence-electron chi connectivity index (χ3n) is 3.54. The molecule has 2 aromatic rings. The molecule has 2 amide bonds. The molecule has 0 saturated carbocycles. The van der Waals surface area contributed by atoms with E-state index in [-0.39, 0.29) is 18.4 Å². The first kappa shape index (κ1) is 18.3. The molecular weight excluding hydrogens is 324 g/mol. The SMILES string of the molecule is COC(=O)c1cc(CN(C)C(=O)c2cccc(NC(C)=O)c2)oc1C. The summed E-state index contributed by atoms with van der Waals surface area (Å²) in [4.78, 5) is 36.8. The average molecular weight is 344 g/mol. The first-order chi connectivity index (χ1) is 11.8. The van der Waals surface area contributed by atoms with E-state index in [1.807, 2.05) is 0 Å². The molecule has 0 atom stereocenters. The first-order valence-electron chi connectivity index (χ1n) is 7.62. The topological polar surface area (TPSA) is 88.9 Å². The molecule has 7 heteroatoms. The summed E-state index contributed by atoms with van der Waals surface area (Å²) in [5, 5.41) is 2.64. The molecule has 0 radical (unpaired) electrons. The van der Waals surface area contributed by atoms with Crippen LogP contribution in [-0.4, -0.2) is 36.8 Å². The Morgan fingerprint density at radius 3 is 2.60 bits per heavy atom. The molecule has 0 fully saturated rings. The zero-order valence-electron chi connectivity index (χ0n) is 14.6. The maximum atomic E-state index is 12.5. The predicted octanol–water partition coefficient (Wildman–Crippen LogP) is 2.61. The molecule has 1 N–H and O–H groups in total. The van der Waals surface area contributed by atoms with Gasteiger partial charge in [0.25, 0.3) is 5.91 Å². The summed E-state index contributed by atoms with van der Waals surface area (Å²) in [5.74, 6) is -0.00756. The fourth-order valence-electron chi connectivity index (χ4n) is 2.39. The Hall–Kier alpha value is -3.09. The van der Waals surface area contributed by atoms with Crippen LogP contribution in [0.5, 0.6) is 0 Å². The molecule has 0 aliphatic carbocycles. The summed E-state index contributed by atoms with van der Waals surface area (Å²) >= 11 is 0. The summed E-state index contributed by atoms with van der Waals surface area (Å²) in [7, 11) is 2.93. The van der Waals surface area contributed by atoms with Crippen molar-refractivity contribution in [2.75, 3.05) is 19.5 Å². The number of carbonyl (C=O) groups excluding carboxylic acids is 3. The van der Waals surface area contributed by atoms with Crippen LogP contribution in [0.15, 0.2) is 34.7 Å². The number of ether oxygens (including phenoxy) is 1. The van der Waals surface area contributed by atoms with E-state index < -0.39 is 5.97 Å². The van der Waals surface area contributed by atoms with Crippen molar-refractivity contribution in [3.05, 3.63) is 53.0 Å². The van der Waals surface area contributed by atoms with Gasteiger partial charge in [-0.15, -0.1) is 0 Å². The van der Waals surface area contributed by atoms with Crippen molar-refractivity contribution in [3.8, 4) is 0 Å². The molecule has 1 aromatic carbocycles. The number of nitrogens with zero attached hydrogens (tertiary/aromatic N) is 1. The van der Waals surface area contributed by atoms with Gasteiger partial charge in [0.1, 0.15) is 17.1 Å². The lowest BCUT2D eigenvalue weighted by Crippen LogP contribution is -2.26. The number of esters is 1. The number of benzene rings is 1. The number of amides is 2. The molecule has 132 valence electrons. The number of rotatable bonds is 5. The summed E-state index contributed by atoms with van der Waals surface area (Å²) in [6, 6.07) is 8.24. The quantitative estimate of drug-likeness (QED) is 0.842. The predicted molar refractivity (Wildman–Crippen MR) is 91.3 cm³/mol. The molecule has 0 aliphatic rings. The van der Waals surface area contributed by atoms with Crippen molar-refractivity contribution in [1.29, 1.82) is 0 Å². The maximum Gasteiger partial charge on any atom is 0.341 e. The first-order valence-corrected chi connectivity index (χ1v) is 7.62. The Bertz CT molecular complexity index is 810. The number of nitrogens with one attached hydrogen (secondary N) is 1. The second-order valence-corrected chi connectivity index (χ2v) is 5.60. The van der Waals surface area contributed by atoms with Crippen molar-refractivity contribution < 1.29 is 23.5 Å². The molecule has 0 unspecified atom stereocenters. The van der Waals surface area contributed by atoms with Crippen LogP contribution in [0.2, 0.25) is 0 Å². The second-order valence-electron chi connectivity index (χ2n) is 5.60. The van der Waals surface area contributed by atoms with E-state index in [0.717, 1.165) is 0 Å². The Balaban J connectivity index is 2.13. The number of methoxy groups -OCH3 is 1. The van der Waals surface area contributed by atoms with Crippen LogP contribution < -0.4 is 5.32 Å². The largest absolute Gasteiger partial charge is 0.465 e. The van der Waals surface area contributed by atoms with Crippen molar-refractivity contribution >= 4 is 23.5 Å². The van der Waals surface area contributed by atoms with E-state index in [2.05, 4.69) is 10.1 Å². The standard InChI is InChI=1S/C18H20N2O5/c1-11-16(18(23)24-4)9-15(25-11)10-20(3)17(22)13-6-5-7-14(8-13)19-12(2)21/h5-9H,10H2,1-4H3,(H,19,21). The van der Waals surface area contributed by atoms with Crippen molar-refractivity contribution in [3.63, 3.8) is 0 Å². The van der Waals surface area contributed by atoms with Gasteiger partial charge in [-0.1, -0.05) is 6.07 Å². The van der Waals surface area contributed by atoms with Crippen LogP contribution >= 0.6 is 0 Å². The second kappa shape index (κ2) is 7.65. The zero-order chi connectivity index (χ0) is 18.6. The number of furan rings is 1. The highest BCUT2D eigenvalue weighted by atomic mass is 16.5. The van der Waals surface area contributed by atoms with Crippen molar-refractivity contribution in [1.82, 2.24) is 4.90 Å². The molecule has 7 nitrogen and oxygen atoms in total. The van der Waals surface area contributed by atoms with Crippen LogP contribution in [0.1, 0.15) is 39.2 Å². The van der Waals surface area contributed by atoms with Crippen molar-refractivity contribution in [2.24, 2.45) is 0 Å². The van der Waals surface area contributed by atoms with Gasteiger partial charge in [-0.3, -0.25) is 9.59 Å². The highest BCUT2D eigenvalue weighted by molar-refractivity contribution is 5.96. The zero-order valence-corrected chi connectivity index (χ0v) is 14.6. The third-order valence-corrected chi connectivity index (χ3v) is 3.54. The Labute approximate surface area is 145 Å². The summed E-state index contributed by atoms with van der Waals surface area (Å²) in [6.07, 6.45) is 0. The van der Waals surface area contributed by atoms with Crippen molar-refractivity contribution in [2.45, 2.75) is 20.4 Å². The number of hydrogen-bond donors (Lipinski definition) is 1. The minimum Gasteiger partial charge on any atom is -0.465 e. The van der Waals surface area contributed by atoms with Gasteiger partial charge in [0, 0.05) is 25.2 Å². The molecule has 0 saturated heterocycles. The Morgan fingerprint density at radius 2 is 1.96 bits per heavy atom. The monoisotopic (exact) mass is 344 g/mol. The van der Waals surface area contributed by atoms with E-state index in [0.29, 0.717) is 28.3 Å². The van der Waals surface area contributed by atoms with E-state index in [1.54, 1.807) is 44.3 Å². The minimum absolute atomic E-state index is 0.195. The van der Waals surface area contributed by atoms with Gasteiger partial charge < -0.3 is 19.4 Å². The van der Waals surface area contributed by atoms with Crippen LogP contribution in [0.25, 0.3) is 0 Å². The number of hydrogen-bond acceptors (Lipinski definition) is 5. The summed E-state index contributed by atoms with van der Waals surface area (Å²) in [5.41, 5.74) is 1.32. The Morgan fingerprint density at radius 1 is 1.24 bits per heavy atom. The van der Waals surface area contributed by atoms with E-state index in [9.17, 15) is 14.4 Å². The highest BCUT2D eigenvalue weighted by Gasteiger charge is 2.19. The van der Waals surface area contributed by atoms with E-state index in [4.69, 9.17) is 4.42 Å². The molecule has 0 aliphatic heterocycles. The van der Waals surface area contributed by atoms with Gasteiger partial charge in [0.2, 0.25) is 5.91 Å². The molecule has 1 aromatic heterocycles. The van der Waals surface area contributed by atoms with Crippen LogP contribution in [0.3, 0.4) is 0 Å². The van der Waals surface area contributed by atoms with Gasteiger partial charge in [-0.25, -0.2) is 4.79 Å². The van der Waals surface area contributed by atoms with Gasteiger partial charge in [0.15, 0.2) is 0 Å². The smallest absolute Gasteiger partial charge is 0.341 e. The van der Waals surface area contributed by atoms with Gasteiger partial charge >= 0.3 is 5.97 Å². The molecular formula is C18H20N2O5. The summed E-state index contributed by atoms with van der Waals surface area (Å²) in [6.45, 7) is 3.26. The molecule has 1 heterocycles. The lowest BCUT2D eigenvalue weighted by molar-refractivity contribution is -0.114. The van der Waals surface area contributed by atoms with Crippen LogP contribution in [0.4, 0.5) is 5.69 Å². The molecule has 25 heavy (non-hydrogen) atoms. The van der Waals surface area contributed by atoms with Gasteiger partial charge in [-0.2, -0.15) is 0 Å². The molecule has 2 rings (SSSR count). The lowest BCUT2D eigenvalue weighted by atomic mass is 10.1. The average Bonchev–Trinajstić information content (AvgIpc) is 2.93. The Kier molecular flexibility index (Phi) is 5.59. The fraction of sp³-hybridized carbons (Fsp3) is 0.278. The fourth-order valence-corrected chi connectivity index (χ4v) is 2.39. The maximum absolute atomic E-state index is 12.5. The third kappa shape index (κ3) is 4.47. The number of aryl methyl sites for hydroxylation is 1. The lowest BCUT2D eigenvalue weighted by Gasteiger charge is -2.16. The molecule has 0 spiro atoms. The highest BCUT2D eigenvalue weighted by Crippen LogP contribution is 2.18. The minimum atomic E-state index is -0.482. The van der Waals surface area contributed by atoms with E-state index >= 15 is 0 Å². The van der Waals surface area contributed by atoms with Gasteiger partial charge in [-0.05, 0) is 31.2 Å².